The Bertz CT molecular complexity index is 400. The third-order valence-corrected chi connectivity index (χ3v) is 2.06. The number of carboxylic acid groups (broad SMARTS) is 1. The Morgan fingerprint density at radius 1 is 1.41 bits per heavy atom. The summed E-state index contributed by atoms with van der Waals surface area (Å²) in [4.78, 5) is 21.5. The average Bonchev–Trinajstić information content (AvgIpc) is 2.34. The Morgan fingerprint density at radius 2 is 2.18 bits per heavy atom. The number of carboxylic acids is 1. The average molecular weight is 238 g/mol. The molecule has 0 atom stereocenters. The molecule has 1 aromatic rings. The molecule has 0 radical (unpaired) electrons. The number of ether oxygens (including phenoxy) is 2. The van der Waals surface area contributed by atoms with E-state index >= 15 is 0 Å². The van der Waals surface area contributed by atoms with Gasteiger partial charge in [-0.25, -0.2) is 4.79 Å². The summed E-state index contributed by atoms with van der Waals surface area (Å²) in [7, 11) is 0. The fraction of sp³-hybridized carbons (Fsp3) is 0.333. The third-order valence-electron chi connectivity index (χ3n) is 2.06. The first-order valence-corrected chi connectivity index (χ1v) is 5.22. The van der Waals surface area contributed by atoms with Gasteiger partial charge in [-0.3, -0.25) is 4.79 Å². The highest BCUT2D eigenvalue weighted by molar-refractivity contribution is 5.92. The Kier molecular flexibility index (Phi) is 5.16. The number of hydrogen-bond acceptors (Lipinski definition) is 4. The van der Waals surface area contributed by atoms with E-state index in [1.807, 2.05) is 6.92 Å². The first-order chi connectivity index (χ1) is 8.19. The van der Waals surface area contributed by atoms with E-state index in [-0.39, 0.29) is 17.9 Å². The molecule has 5 nitrogen and oxygen atoms in total. The summed E-state index contributed by atoms with van der Waals surface area (Å²) in [6.45, 7) is 3.05. The maximum absolute atomic E-state index is 10.9. The Labute approximate surface area is 99.0 Å². The van der Waals surface area contributed by atoms with E-state index in [1.165, 1.54) is 18.2 Å². The van der Waals surface area contributed by atoms with Crippen LogP contribution >= 0.6 is 0 Å². The molecule has 0 spiro atoms. The molecule has 92 valence electrons. The molecular formula is C12H14O5. The molecule has 0 saturated carbocycles. The number of aldehydes is 1. The van der Waals surface area contributed by atoms with E-state index in [1.54, 1.807) is 0 Å². The lowest BCUT2D eigenvalue weighted by atomic mass is 10.1. The summed E-state index contributed by atoms with van der Waals surface area (Å²) in [5.74, 6) is -0.907. The van der Waals surface area contributed by atoms with Crippen LogP contribution in [0.3, 0.4) is 0 Å². The normalized spacial score (nSPS) is 9.94. The first kappa shape index (κ1) is 13.2. The van der Waals surface area contributed by atoms with Gasteiger partial charge in [-0.1, -0.05) is 6.07 Å². The van der Waals surface area contributed by atoms with Gasteiger partial charge >= 0.3 is 5.97 Å². The quantitative estimate of drug-likeness (QED) is 0.577. The molecule has 0 bridgehead atoms. The van der Waals surface area contributed by atoms with Crippen molar-refractivity contribution in [3.63, 3.8) is 0 Å². The molecule has 5 heteroatoms. The molecule has 0 unspecified atom stereocenters. The third kappa shape index (κ3) is 3.88. The van der Waals surface area contributed by atoms with Crippen LogP contribution in [0.1, 0.15) is 27.6 Å². The zero-order valence-electron chi connectivity index (χ0n) is 9.51. The predicted octanol–water partition coefficient (Wildman–Crippen LogP) is 1.61. The number of benzene rings is 1. The standard InChI is InChI=1S/C12H14O5/c1-2-16-5-6-17-11-7-9(8-13)3-4-10(11)12(14)15/h3-4,7-8H,2,5-6H2,1H3,(H,14,15). The van der Waals surface area contributed by atoms with E-state index in [0.29, 0.717) is 25.1 Å². The largest absolute Gasteiger partial charge is 0.490 e. The van der Waals surface area contributed by atoms with Crippen molar-refractivity contribution in [2.75, 3.05) is 19.8 Å². The Balaban J connectivity index is 2.78. The SMILES string of the molecule is CCOCCOc1cc(C=O)ccc1C(=O)O. The zero-order valence-corrected chi connectivity index (χ0v) is 9.51. The van der Waals surface area contributed by atoms with E-state index in [4.69, 9.17) is 14.6 Å². The van der Waals surface area contributed by atoms with E-state index < -0.39 is 5.97 Å². The van der Waals surface area contributed by atoms with Crippen molar-refractivity contribution in [2.45, 2.75) is 6.92 Å². The fourth-order valence-corrected chi connectivity index (χ4v) is 1.26. The Hall–Kier alpha value is -1.88. The maximum Gasteiger partial charge on any atom is 0.339 e. The molecule has 0 aliphatic carbocycles. The minimum Gasteiger partial charge on any atom is -0.490 e. The van der Waals surface area contributed by atoms with E-state index in [0.717, 1.165) is 0 Å². The number of rotatable bonds is 7. The van der Waals surface area contributed by atoms with Crippen LogP contribution in [0.15, 0.2) is 18.2 Å². The summed E-state index contributed by atoms with van der Waals surface area (Å²) in [5, 5.41) is 8.93. The second kappa shape index (κ2) is 6.65. The lowest BCUT2D eigenvalue weighted by Crippen LogP contribution is -2.09. The minimum atomic E-state index is -1.09. The summed E-state index contributed by atoms with van der Waals surface area (Å²) in [6, 6.07) is 4.19. The molecule has 1 rings (SSSR count). The van der Waals surface area contributed by atoms with E-state index in [9.17, 15) is 9.59 Å². The molecule has 1 aromatic carbocycles. The van der Waals surface area contributed by atoms with Gasteiger partial charge in [0.1, 0.15) is 24.2 Å². The van der Waals surface area contributed by atoms with Crippen molar-refractivity contribution in [1.29, 1.82) is 0 Å². The first-order valence-electron chi connectivity index (χ1n) is 5.22. The van der Waals surface area contributed by atoms with Crippen LogP contribution < -0.4 is 4.74 Å². The van der Waals surface area contributed by atoms with Crippen molar-refractivity contribution in [3.05, 3.63) is 29.3 Å². The monoisotopic (exact) mass is 238 g/mol. The molecule has 0 heterocycles. The van der Waals surface area contributed by atoms with Crippen LogP contribution in [-0.4, -0.2) is 37.2 Å². The van der Waals surface area contributed by atoms with Crippen molar-refractivity contribution in [3.8, 4) is 5.75 Å². The highest BCUT2D eigenvalue weighted by Gasteiger charge is 2.11. The minimum absolute atomic E-state index is 0.0344. The van der Waals surface area contributed by atoms with Crippen molar-refractivity contribution >= 4 is 12.3 Å². The maximum atomic E-state index is 10.9. The Morgan fingerprint density at radius 3 is 2.76 bits per heavy atom. The van der Waals surface area contributed by atoms with Gasteiger partial charge in [0.05, 0.1) is 6.61 Å². The molecule has 0 aromatic heterocycles. The highest BCUT2D eigenvalue weighted by atomic mass is 16.5. The molecule has 17 heavy (non-hydrogen) atoms. The second-order valence-electron chi connectivity index (χ2n) is 3.22. The molecule has 0 aliphatic heterocycles. The van der Waals surface area contributed by atoms with Gasteiger partial charge in [0.15, 0.2) is 0 Å². The lowest BCUT2D eigenvalue weighted by Gasteiger charge is -2.09. The number of aromatic carboxylic acids is 1. The zero-order chi connectivity index (χ0) is 12.7. The van der Waals surface area contributed by atoms with Gasteiger partial charge in [0, 0.05) is 12.2 Å². The smallest absolute Gasteiger partial charge is 0.339 e. The predicted molar refractivity (Wildman–Crippen MR) is 60.8 cm³/mol. The number of hydrogen-bond donors (Lipinski definition) is 1. The topological polar surface area (TPSA) is 72.8 Å². The van der Waals surface area contributed by atoms with Crippen molar-refractivity contribution < 1.29 is 24.2 Å². The second-order valence-corrected chi connectivity index (χ2v) is 3.22. The van der Waals surface area contributed by atoms with Gasteiger partial charge < -0.3 is 14.6 Å². The molecule has 0 saturated heterocycles. The molecule has 1 N–H and O–H groups in total. The van der Waals surface area contributed by atoms with Crippen LogP contribution in [0.25, 0.3) is 0 Å². The molecule has 0 fully saturated rings. The molecule has 0 amide bonds. The number of carbonyl (C=O) groups is 2. The summed E-state index contributed by atoms with van der Waals surface area (Å²) in [6.07, 6.45) is 0.640. The summed E-state index contributed by atoms with van der Waals surface area (Å²) in [5.41, 5.74) is 0.411. The summed E-state index contributed by atoms with van der Waals surface area (Å²) < 4.78 is 10.3. The summed E-state index contributed by atoms with van der Waals surface area (Å²) >= 11 is 0. The van der Waals surface area contributed by atoms with Gasteiger partial charge in [0.25, 0.3) is 0 Å². The molecule has 0 aliphatic rings. The van der Waals surface area contributed by atoms with Gasteiger partial charge in [-0.15, -0.1) is 0 Å². The van der Waals surface area contributed by atoms with Crippen LogP contribution in [-0.2, 0) is 4.74 Å². The lowest BCUT2D eigenvalue weighted by molar-refractivity contribution is 0.0686. The molecular weight excluding hydrogens is 224 g/mol. The van der Waals surface area contributed by atoms with Crippen molar-refractivity contribution in [2.24, 2.45) is 0 Å². The van der Waals surface area contributed by atoms with Gasteiger partial charge in [-0.05, 0) is 19.1 Å². The van der Waals surface area contributed by atoms with Crippen LogP contribution in [0, 0.1) is 0 Å². The van der Waals surface area contributed by atoms with Gasteiger partial charge in [0.2, 0.25) is 0 Å². The highest BCUT2D eigenvalue weighted by Crippen LogP contribution is 2.19. The fourth-order valence-electron chi connectivity index (χ4n) is 1.26. The van der Waals surface area contributed by atoms with E-state index in [2.05, 4.69) is 0 Å². The van der Waals surface area contributed by atoms with Crippen molar-refractivity contribution in [1.82, 2.24) is 0 Å². The number of carbonyl (C=O) groups excluding carboxylic acids is 1. The van der Waals surface area contributed by atoms with Crippen LogP contribution in [0.5, 0.6) is 5.75 Å². The van der Waals surface area contributed by atoms with Crippen LogP contribution in [0.4, 0.5) is 0 Å². The van der Waals surface area contributed by atoms with Gasteiger partial charge in [-0.2, -0.15) is 0 Å². The van der Waals surface area contributed by atoms with Crippen LogP contribution in [0.2, 0.25) is 0 Å².